The fraction of sp³-hybridized carbons (Fsp3) is 0.320. The van der Waals surface area contributed by atoms with Gasteiger partial charge >= 0.3 is 0 Å². The molecule has 0 radical (unpaired) electrons. The lowest BCUT2D eigenvalue weighted by atomic mass is 10.1. The van der Waals surface area contributed by atoms with Gasteiger partial charge in [-0.15, -0.1) is 0 Å². The Hall–Kier alpha value is -4.29. The Kier molecular flexibility index (Phi) is 7.80. The van der Waals surface area contributed by atoms with Crippen molar-refractivity contribution in [2.75, 3.05) is 51.6 Å². The third kappa shape index (κ3) is 5.44. The molecule has 0 saturated heterocycles. The number of nitro groups is 1. The summed E-state index contributed by atoms with van der Waals surface area (Å²) in [7, 11) is 6.66. The van der Waals surface area contributed by atoms with Crippen LogP contribution in [0.3, 0.4) is 0 Å². The highest BCUT2D eigenvalue weighted by molar-refractivity contribution is 5.81. The number of nitrogens with one attached hydrogen (secondary N) is 1. The van der Waals surface area contributed by atoms with Crippen molar-refractivity contribution in [3.05, 3.63) is 64.6 Å². The van der Waals surface area contributed by atoms with E-state index in [4.69, 9.17) is 14.6 Å². The number of nitro benzene ring substituents is 1. The largest absolute Gasteiger partial charge is 0.494 e. The highest BCUT2D eigenvalue weighted by Gasteiger charge is 2.23. The van der Waals surface area contributed by atoms with Crippen LogP contribution in [-0.4, -0.2) is 71.0 Å². The summed E-state index contributed by atoms with van der Waals surface area (Å²) in [5.41, 5.74) is 4.23. The predicted octanol–water partition coefficient (Wildman–Crippen LogP) is 3.94. The molecule has 194 valence electrons. The highest BCUT2D eigenvalue weighted by atomic mass is 16.7. The molecular weight excluding hydrogens is 476 g/mol. The lowest BCUT2D eigenvalue weighted by molar-refractivity contribution is -0.384. The number of methoxy groups -OCH3 is 1. The minimum absolute atomic E-state index is 0.0705. The zero-order valence-corrected chi connectivity index (χ0v) is 21.5. The van der Waals surface area contributed by atoms with Crippen molar-refractivity contribution >= 4 is 28.5 Å². The number of benzene rings is 1. The molecule has 0 amide bonds. The number of pyridine rings is 1. The van der Waals surface area contributed by atoms with E-state index >= 15 is 0 Å². The van der Waals surface area contributed by atoms with Gasteiger partial charge in [0.15, 0.2) is 0 Å². The molecule has 1 N–H and O–H groups in total. The molecule has 0 bridgehead atoms. The molecule has 0 atom stereocenters. The van der Waals surface area contributed by atoms with E-state index in [1.54, 1.807) is 54.1 Å². The van der Waals surface area contributed by atoms with Gasteiger partial charge in [-0.05, 0) is 24.1 Å². The second-order valence-corrected chi connectivity index (χ2v) is 8.39. The first-order valence-electron chi connectivity index (χ1n) is 11.7. The van der Waals surface area contributed by atoms with E-state index in [1.165, 1.54) is 13.2 Å². The Morgan fingerprint density at radius 2 is 1.97 bits per heavy atom. The Bertz CT molecular complexity index is 1410. The monoisotopic (exact) mass is 506 g/mol. The number of hydrogen-bond donors (Lipinski definition) is 1. The zero-order valence-electron chi connectivity index (χ0n) is 21.5. The maximum atomic E-state index is 12.0. The van der Waals surface area contributed by atoms with Crippen molar-refractivity contribution in [3.8, 4) is 17.0 Å². The second kappa shape index (κ2) is 11.2. The van der Waals surface area contributed by atoms with Gasteiger partial charge in [-0.3, -0.25) is 10.1 Å². The van der Waals surface area contributed by atoms with Crippen LogP contribution in [0.1, 0.15) is 12.5 Å². The maximum Gasteiger partial charge on any atom is 0.294 e. The van der Waals surface area contributed by atoms with E-state index < -0.39 is 4.92 Å². The van der Waals surface area contributed by atoms with Crippen LogP contribution in [0.4, 0.5) is 23.0 Å². The average Bonchev–Trinajstić information content (AvgIpc) is 3.35. The van der Waals surface area contributed by atoms with Crippen LogP contribution < -0.4 is 15.0 Å². The fourth-order valence-electron chi connectivity index (χ4n) is 3.98. The number of aromatic nitrogens is 4. The topological polar surface area (TPSA) is 123 Å². The normalized spacial score (nSPS) is 11.2. The van der Waals surface area contributed by atoms with Crippen LogP contribution in [0.5, 0.6) is 5.75 Å². The third-order valence-electron chi connectivity index (χ3n) is 6.14. The van der Waals surface area contributed by atoms with Crippen LogP contribution >= 0.6 is 0 Å². The molecule has 4 aromatic rings. The molecule has 0 aliphatic rings. The fourth-order valence-corrected chi connectivity index (χ4v) is 3.98. The third-order valence-corrected chi connectivity index (χ3v) is 6.14. The van der Waals surface area contributed by atoms with E-state index in [2.05, 4.69) is 15.4 Å². The molecular formula is C25H30N8O4. The summed E-state index contributed by atoms with van der Waals surface area (Å²) in [6.45, 7) is 3.09. The summed E-state index contributed by atoms with van der Waals surface area (Å²) >= 11 is 0. The first-order chi connectivity index (χ1) is 17.9. The van der Waals surface area contributed by atoms with Crippen LogP contribution in [0.25, 0.3) is 16.8 Å². The molecule has 3 heterocycles. The standard InChI is InChI=1S/C25H30N8O4/c1-6-17-15-26-25(29-24(17)18-16-27-32-10-8-7-9-20(18)32)28-19-13-22(33(34)35)21(14-23(19)36-4)30(2)11-12-31(3)37-5/h7-10,13-16H,6,11-12H2,1-5H3,(H,26,28,29). The number of aryl methyl sites for hydroxylation is 1. The summed E-state index contributed by atoms with van der Waals surface area (Å²) < 4.78 is 7.37. The van der Waals surface area contributed by atoms with E-state index in [9.17, 15) is 10.1 Å². The number of rotatable bonds is 11. The number of likely N-dealkylation sites (N-methyl/N-ethyl adjacent to an activating group) is 2. The number of fused-ring (bicyclic) bond motifs is 1. The summed E-state index contributed by atoms with van der Waals surface area (Å²) in [4.78, 5) is 27.7. The van der Waals surface area contributed by atoms with Crippen LogP contribution in [0.15, 0.2) is 48.9 Å². The highest BCUT2D eigenvalue weighted by Crippen LogP contribution is 2.39. The Balaban J connectivity index is 1.71. The van der Waals surface area contributed by atoms with Crippen molar-refractivity contribution < 1.29 is 14.5 Å². The Morgan fingerprint density at radius 1 is 1.16 bits per heavy atom. The van der Waals surface area contributed by atoms with Crippen molar-refractivity contribution in [3.63, 3.8) is 0 Å². The molecule has 0 spiro atoms. The molecule has 12 nitrogen and oxygen atoms in total. The van der Waals surface area contributed by atoms with E-state index in [0.717, 1.165) is 28.8 Å². The Labute approximate surface area is 214 Å². The summed E-state index contributed by atoms with van der Waals surface area (Å²) in [6, 6.07) is 8.91. The lowest BCUT2D eigenvalue weighted by Gasteiger charge is -2.23. The van der Waals surface area contributed by atoms with Crippen LogP contribution in [-0.2, 0) is 11.3 Å². The van der Waals surface area contributed by atoms with Gasteiger partial charge in [0.2, 0.25) is 5.95 Å². The molecule has 0 saturated carbocycles. The van der Waals surface area contributed by atoms with E-state index in [0.29, 0.717) is 30.2 Å². The summed E-state index contributed by atoms with van der Waals surface area (Å²) in [5, 5.41) is 21.2. The first kappa shape index (κ1) is 25.8. The summed E-state index contributed by atoms with van der Waals surface area (Å²) in [5.74, 6) is 0.714. The number of anilines is 3. The van der Waals surface area contributed by atoms with E-state index in [-0.39, 0.29) is 11.6 Å². The maximum absolute atomic E-state index is 12.0. The smallest absolute Gasteiger partial charge is 0.294 e. The van der Waals surface area contributed by atoms with Gasteiger partial charge in [-0.25, -0.2) is 14.5 Å². The van der Waals surface area contributed by atoms with Crippen LogP contribution in [0.2, 0.25) is 0 Å². The van der Waals surface area contributed by atoms with Gasteiger partial charge in [0.1, 0.15) is 11.4 Å². The molecule has 0 aliphatic heterocycles. The quantitative estimate of drug-likeness (QED) is 0.236. The number of ether oxygens (including phenoxy) is 1. The molecule has 0 fully saturated rings. The average molecular weight is 507 g/mol. The second-order valence-electron chi connectivity index (χ2n) is 8.39. The number of nitrogens with zero attached hydrogens (tertiary/aromatic N) is 7. The van der Waals surface area contributed by atoms with Crippen LogP contribution in [0, 0.1) is 10.1 Å². The molecule has 4 rings (SSSR count). The first-order valence-corrected chi connectivity index (χ1v) is 11.7. The SMILES string of the molecule is CCc1cnc(Nc2cc([N+](=O)[O-])c(N(C)CCN(C)OC)cc2OC)nc1-c1cnn2ccccc12. The van der Waals surface area contributed by atoms with Crippen molar-refractivity contribution in [2.24, 2.45) is 0 Å². The van der Waals surface area contributed by atoms with E-state index in [1.807, 2.05) is 31.3 Å². The summed E-state index contributed by atoms with van der Waals surface area (Å²) in [6.07, 6.45) is 6.14. The zero-order chi connectivity index (χ0) is 26.5. The van der Waals surface area contributed by atoms with Crippen molar-refractivity contribution in [1.29, 1.82) is 0 Å². The van der Waals surface area contributed by atoms with Gasteiger partial charge in [0.05, 0.1) is 42.2 Å². The minimum atomic E-state index is -0.415. The van der Waals surface area contributed by atoms with Gasteiger partial charge < -0.3 is 19.8 Å². The van der Waals surface area contributed by atoms with Crippen molar-refractivity contribution in [2.45, 2.75) is 13.3 Å². The molecule has 1 aromatic carbocycles. The van der Waals surface area contributed by atoms with Crippen molar-refractivity contribution in [1.82, 2.24) is 24.6 Å². The lowest BCUT2D eigenvalue weighted by Crippen LogP contribution is -2.30. The predicted molar refractivity (Wildman–Crippen MR) is 141 cm³/mol. The minimum Gasteiger partial charge on any atom is -0.494 e. The molecule has 37 heavy (non-hydrogen) atoms. The molecule has 0 unspecified atom stereocenters. The number of hydrogen-bond acceptors (Lipinski definition) is 10. The Morgan fingerprint density at radius 3 is 2.68 bits per heavy atom. The molecule has 3 aromatic heterocycles. The molecule has 12 heteroatoms. The van der Waals surface area contributed by atoms with Gasteiger partial charge in [0, 0.05) is 57.3 Å². The van der Waals surface area contributed by atoms with Gasteiger partial charge in [-0.1, -0.05) is 13.0 Å². The molecule has 0 aliphatic carbocycles. The number of hydroxylamine groups is 2. The van der Waals surface area contributed by atoms with Gasteiger partial charge in [0.25, 0.3) is 5.69 Å². The van der Waals surface area contributed by atoms with Gasteiger partial charge in [-0.2, -0.15) is 10.2 Å².